The summed E-state index contributed by atoms with van der Waals surface area (Å²) in [6, 6.07) is 0.267. The molecule has 1 amide bonds. The fourth-order valence-electron chi connectivity index (χ4n) is 1.70. The van der Waals surface area contributed by atoms with Crippen molar-refractivity contribution in [2.75, 3.05) is 18.4 Å². The number of aromatic nitrogens is 6. The van der Waals surface area contributed by atoms with Crippen molar-refractivity contribution in [3.8, 4) is 0 Å². The van der Waals surface area contributed by atoms with Gasteiger partial charge in [0.05, 0.1) is 23.6 Å². The highest BCUT2D eigenvalue weighted by molar-refractivity contribution is 6.01. The summed E-state index contributed by atoms with van der Waals surface area (Å²) in [5.74, 6) is -0.230. The molecule has 104 valence electrons. The Labute approximate surface area is 114 Å². The fraction of sp³-hybridized carbons (Fsp3) is 0.455. The van der Waals surface area contributed by atoms with Crippen molar-refractivity contribution < 1.29 is 4.79 Å². The zero-order chi connectivity index (χ0) is 14.1. The number of nitrogens with one attached hydrogen (secondary N) is 2. The molecule has 20 heavy (non-hydrogen) atoms. The van der Waals surface area contributed by atoms with Gasteiger partial charge in [0.25, 0.3) is 5.91 Å². The fourth-order valence-corrected chi connectivity index (χ4v) is 1.70. The van der Waals surface area contributed by atoms with Crippen LogP contribution in [0.1, 0.15) is 27.9 Å². The van der Waals surface area contributed by atoms with Gasteiger partial charge < -0.3 is 5.32 Å². The van der Waals surface area contributed by atoms with Gasteiger partial charge in [-0.2, -0.15) is 5.10 Å². The summed E-state index contributed by atoms with van der Waals surface area (Å²) in [6.07, 6.45) is 1.62. The first-order valence-electron chi connectivity index (χ1n) is 6.25. The molecule has 0 saturated carbocycles. The van der Waals surface area contributed by atoms with Crippen LogP contribution in [0.5, 0.6) is 0 Å². The lowest BCUT2D eigenvalue weighted by molar-refractivity contribution is 0.102. The SMILES string of the molecule is Cc1nnc(NC(=O)c2cn(C3CNC3)nn2)nc1C. The lowest BCUT2D eigenvalue weighted by Gasteiger charge is -2.26. The molecule has 1 aliphatic heterocycles. The van der Waals surface area contributed by atoms with Crippen LogP contribution in [0.25, 0.3) is 0 Å². The highest BCUT2D eigenvalue weighted by Crippen LogP contribution is 2.10. The smallest absolute Gasteiger partial charge is 0.280 e. The van der Waals surface area contributed by atoms with Crippen molar-refractivity contribution in [2.24, 2.45) is 0 Å². The molecule has 9 nitrogen and oxygen atoms in total. The van der Waals surface area contributed by atoms with Crippen molar-refractivity contribution in [3.63, 3.8) is 0 Å². The van der Waals surface area contributed by atoms with E-state index in [4.69, 9.17) is 0 Å². The van der Waals surface area contributed by atoms with Crippen molar-refractivity contribution in [2.45, 2.75) is 19.9 Å². The normalized spacial score (nSPS) is 14.9. The topological polar surface area (TPSA) is 111 Å². The molecule has 1 saturated heterocycles. The molecule has 1 aliphatic rings. The molecule has 3 rings (SSSR count). The van der Waals surface area contributed by atoms with Crippen LogP contribution in [0.4, 0.5) is 5.95 Å². The molecular weight excluding hydrogens is 260 g/mol. The second-order valence-corrected chi connectivity index (χ2v) is 4.66. The molecule has 0 unspecified atom stereocenters. The van der Waals surface area contributed by atoms with Crippen LogP contribution in [0.2, 0.25) is 0 Å². The molecule has 2 aromatic rings. The average Bonchev–Trinajstić information content (AvgIpc) is 2.81. The number of nitrogens with zero attached hydrogens (tertiary/aromatic N) is 6. The van der Waals surface area contributed by atoms with E-state index in [-0.39, 0.29) is 17.7 Å². The van der Waals surface area contributed by atoms with Crippen LogP contribution in [0, 0.1) is 13.8 Å². The van der Waals surface area contributed by atoms with Crippen molar-refractivity contribution in [1.29, 1.82) is 0 Å². The van der Waals surface area contributed by atoms with E-state index in [2.05, 4.69) is 36.1 Å². The predicted octanol–water partition coefficient (Wildman–Crippen LogP) is -0.523. The Morgan fingerprint density at radius 1 is 1.30 bits per heavy atom. The van der Waals surface area contributed by atoms with Gasteiger partial charge in [-0.25, -0.2) is 9.67 Å². The van der Waals surface area contributed by atoms with Crippen LogP contribution in [0.3, 0.4) is 0 Å². The maximum atomic E-state index is 12.0. The first-order valence-corrected chi connectivity index (χ1v) is 6.25. The molecule has 0 spiro atoms. The van der Waals surface area contributed by atoms with E-state index >= 15 is 0 Å². The number of amides is 1. The second kappa shape index (κ2) is 4.93. The molecule has 0 radical (unpaired) electrons. The zero-order valence-electron chi connectivity index (χ0n) is 11.2. The van der Waals surface area contributed by atoms with Gasteiger partial charge in [-0.1, -0.05) is 5.21 Å². The predicted molar refractivity (Wildman–Crippen MR) is 69.2 cm³/mol. The number of aryl methyl sites for hydroxylation is 2. The molecule has 0 atom stereocenters. The van der Waals surface area contributed by atoms with Gasteiger partial charge in [0.2, 0.25) is 5.95 Å². The lowest BCUT2D eigenvalue weighted by atomic mass is 10.2. The van der Waals surface area contributed by atoms with Crippen molar-refractivity contribution in [1.82, 2.24) is 35.5 Å². The maximum absolute atomic E-state index is 12.0. The quantitative estimate of drug-likeness (QED) is 0.774. The summed E-state index contributed by atoms with van der Waals surface area (Å²) in [7, 11) is 0. The number of hydrogen-bond acceptors (Lipinski definition) is 7. The first-order chi connectivity index (χ1) is 9.63. The van der Waals surface area contributed by atoms with Gasteiger partial charge in [-0.05, 0) is 13.8 Å². The van der Waals surface area contributed by atoms with E-state index in [9.17, 15) is 4.79 Å². The van der Waals surface area contributed by atoms with Gasteiger partial charge >= 0.3 is 0 Å². The summed E-state index contributed by atoms with van der Waals surface area (Å²) < 4.78 is 1.69. The summed E-state index contributed by atoms with van der Waals surface area (Å²) in [5, 5.41) is 21.2. The van der Waals surface area contributed by atoms with E-state index in [1.807, 2.05) is 0 Å². The Kier molecular flexibility index (Phi) is 3.11. The van der Waals surface area contributed by atoms with E-state index in [0.29, 0.717) is 0 Å². The molecule has 2 N–H and O–H groups in total. The third-order valence-corrected chi connectivity index (χ3v) is 3.19. The molecule has 0 aromatic carbocycles. The number of rotatable bonds is 3. The molecule has 0 bridgehead atoms. The first kappa shape index (κ1) is 12.6. The molecule has 1 fully saturated rings. The Morgan fingerprint density at radius 3 is 2.75 bits per heavy atom. The third kappa shape index (κ3) is 2.35. The van der Waals surface area contributed by atoms with Gasteiger partial charge in [-0.15, -0.1) is 10.2 Å². The second-order valence-electron chi connectivity index (χ2n) is 4.66. The minimum Gasteiger partial charge on any atom is -0.312 e. The largest absolute Gasteiger partial charge is 0.312 e. The summed E-state index contributed by atoms with van der Waals surface area (Å²) in [6.45, 7) is 5.29. The van der Waals surface area contributed by atoms with Gasteiger partial charge in [0.15, 0.2) is 5.69 Å². The average molecular weight is 274 g/mol. The molecule has 0 aliphatic carbocycles. The minimum atomic E-state index is -0.395. The Hall–Kier alpha value is -2.42. The van der Waals surface area contributed by atoms with E-state index in [1.165, 1.54) is 0 Å². The van der Waals surface area contributed by atoms with Crippen LogP contribution in [-0.4, -0.2) is 49.2 Å². The van der Waals surface area contributed by atoms with Crippen LogP contribution < -0.4 is 10.6 Å². The Bertz CT molecular complexity index is 648. The third-order valence-electron chi connectivity index (χ3n) is 3.19. The number of carbonyl (C=O) groups excluding carboxylic acids is 1. The zero-order valence-corrected chi connectivity index (χ0v) is 11.2. The van der Waals surface area contributed by atoms with E-state index < -0.39 is 5.91 Å². The standard InChI is InChI=1S/C11H14N8O/c1-6-7(2)15-17-11(13-6)14-10(20)9-5-19(18-16-9)8-3-12-4-8/h5,8,12H,3-4H2,1-2H3,(H,13,14,17,20). The summed E-state index contributed by atoms with van der Waals surface area (Å²) >= 11 is 0. The molecular formula is C11H14N8O. The number of carbonyl (C=O) groups is 1. The van der Waals surface area contributed by atoms with Gasteiger partial charge in [0, 0.05) is 13.1 Å². The molecule has 2 aromatic heterocycles. The van der Waals surface area contributed by atoms with Crippen LogP contribution >= 0.6 is 0 Å². The lowest BCUT2D eigenvalue weighted by Crippen LogP contribution is -2.43. The van der Waals surface area contributed by atoms with Gasteiger partial charge in [-0.3, -0.25) is 10.1 Å². The maximum Gasteiger partial charge on any atom is 0.280 e. The Balaban J connectivity index is 1.71. The van der Waals surface area contributed by atoms with Crippen LogP contribution in [-0.2, 0) is 0 Å². The van der Waals surface area contributed by atoms with Gasteiger partial charge in [0.1, 0.15) is 0 Å². The van der Waals surface area contributed by atoms with E-state index in [1.54, 1.807) is 24.7 Å². The Morgan fingerprint density at radius 2 is 2.10 bits per heavy atom. The molecule has 3 heterocycles. The summed E-state index contributed by atoms with van der Waals surface area (Å²) in [4.78, 5) is 16.1. The van der Waals surface area contributed by atoms with Crippen LogP contribution in [0.15, 0.2) is 6.20 Å². The molecule has 9 heteroatoms. The summed E-state index contributed by atoms with van der Waals surface area (Å²) in [5.41, 5.74) is 1.68. The highest BCUT2D eigenvalue weighted by atomic mass is 16.2. The monoisotopic (exact) mass is 274 g/mol. The van der Waals surface area contributed by atoms with Crippen molar-refractivity contribution in [3.05, 3.63) is 23.3 Å². The van der Waals surface area contributed by atoms with Crippen molar-refractivity contribution >= 4 is 11.9 Å². The number of hydrogen-bond donors (Lipinski definition) is 2. The minimum absolute atomic E-state index is 0.165. The number of anilines is 1. The highest BCUT2D eigenvalue weighted by Gasteiger charge is 2.22. The van der Waals surface area contributed by atoms with E-state index in [0.717, 1.165) is 24.5 Å².